The molecule has 2 aromatic rings. The van der Waals surface area contributed by atoms with Crippen LogP contribution in [0.4, 0.5) is 4.79 Å². The summed E-state index contributed by atoms with van der Waals surface area (Å²) in [6, 6.07) is 1.82. The van der Waals surface area contributed by atoms with Crippen molar-refractivity contribution < 1.29 is 4.79 Å². The number of halogens is 1. The standard InChI is InChI=1S/C14H19ClN4O/c1-3-19(4-2)14(20)16-6-5-10-8-17-12-9-18-13(15)7-11(10)12/h7-9,17H,3-6H2,1-2H3,(H,16,20). The van der Waals surface area contributed by atoms with Crippen molar-refractivity contribution in [1.29, 1.82) is 0 Å². The third-order valence-electron chi connectivity index (χ3n) is 3.34. The second-order valence-corrected chi connectivity index (χ2v) is 4.91. The van der Waals surface area contributed by atoms with E-state index >= 15 is 0 Å². The zero-order valence-electron chi connectivity index (χ0n) is 11.7. The number of nitrogens with one attached hydrogen (secondary N) is 2. The smallest absolute Gasteiger partial charge is 0.317 e. The van der Waals surface area contributed by atoms with Crippen LogP contribution in [-0.2, 0) is 6.42 Å². The fourth-order valence-electron chi connectivity index (χ4n) is 2.19. The third kappa shape index (κ3) is 3.22. The Morgan fingerprint density at radius 2 is 2.20 bits per heavy atom. The quantitative estimate of drug-likeness (QED) is 0.833. The number of hydrogen-bond donors (Lipinski definition) is 2. The van der Waals surface area contributed by atoms with Crippen LogP contribution in [0.5, 0.6) is 0 Å². The molecule has 0 unspecified atom stereocenters. The lowest BCUT2D eigenvalue weighted by molar-refractivity contribution is 0.203. The maximum atomic E-state index is 11.8. The highest BCUT2D eigenvalue weighted by molar-refractivity contribution is 6.30. The lowest BCUT2D eigenvalue weighted by Gasteiger charge is -2.19. The van der Waals surface area contributed by atoms with Crippen molar-refractivity contribution in [3.8, 4) is 0 Å². The van der Waals surface area contributed by atoms with Gasteiger partial charge in [0.2, 0.25) is 0 Å². The number of fused-ring (bicyclic) bond motifs is 1. The Balaban J connectivity index is 1.96. The van der Waals surface area contributed by atoms with Gasteiger partial charge in [0.1, 0.15) is 5.15 Å². The minimum atomic E-state index is -0.0189. The third-order valence-corrected chi connectivity index (χ3v) is 3.55. The van der Waals surface area contributed by atoms with E-state index in [4.69, 9.17) is 11.6 Å². The fourth-order valence-corrected chi connectivity index (χ4v) is 2.34. The summed E-state index contributed by atoms with van der Waals surface area (Å²) >= 11 is 5.91. The van der Waals surface area contributed by atoms with Crippen LogP contribution < -0.4 is 5.32 Å². The van der Waals surface area contributed by atoms with E-state index in [0.717, 1.165) is 36.0 Å². The fraction of sp³-hybridized carbons (Fsp3) is 0.429. The number of aromatic nitrogens is 2. The molecule has 0 radical (unpaired) electrons. The Labute approximate surface area is 123 Å². The van der Waals surface area contributed by atoms with Crippen LogP contribution >= 0.6 is 11.6 Å². The largest absolute Gasteiger partial charge is 0.360 e. The summed E-state index contributed by atoms with van der Waals surface area (Å²) < 4.78 is 0. The summed E-state index contributed by atoms with van der Waals surface area (Å²) in [6.07, 6.45) is 4.41. The van der Waals surface area contributed by atoms with Gasteiger partial charge in [0.05, 0.1) is 11.7 Å². The molecule has 0 spiro atoms. The molecule has 2 rings (SSSR count). The van der Waals surface area contributed by atoms with E-state index in [1.54, 1.807) is 11.1 Å². The molecule has 2 amide bonds. The van der Waals surface area contributed by atoms with Crippen molar-refractivity contribution >= 4 is 28.5 Å². The van der Waals surface area contributed by atoms with Crippen LogP contribution in [0.3, 0.4) is 0 Å². The van der Waals surface area contributed by atoms with Crippen molar-refractivity contribution in [1.82, 2.24) is 20.2 Å². The molecule has 0 aliphatic carbocycles. The minimum absolute atomic E-state index is 0.0189. The molecule has 2 heterocycles. The number of hydrogen-bond acceptors (Lipinski definition) is 2. The lowest BCUT2D eigenvalue weighted by atomic mass is 10.1. The first-order chi connectivity index (χ1) is 9.65. The second-order valence-electron chi connectivity index (χ2n) is 4.52. The van der Waals surface area contributed by atoms with Crippen LogP contribution in [0.2, 0.25) is 5.15 Å². The normalized spacial score (nSPS) is 10.8. The van der Waals surface area contributed by atoms with Gasteiger partial charge < -0.3 is 15.2 Å². The van der Waals surface area contributed by atoms with Gasteiger partial charge in [-0.3, -0.25) is 0 Å². The van der Waals surface area contributed by atoms with E-state index < -0.39 is 0 Å². The molecule has 0 aromatic carbocycles. The van der Waals surface area contributed by atoms with Gasteiger partial charge in [0.15, 0.2) is 0 Å². The van der Waals surface area contributed by atoms with Gasteiger partial charge in [-0.05, 0) is 31.9 Å². The number of rotatable bonds is 5. The molecule has 5 nitrogen and oxygen atoms in total. The van der Waals surface area contributed by atoms with Crippen LogP contribution in [0, 0.1) is 0 Å². The SMILES string of the molecule is CCN(CC)C(=O)NCCc1c[nH]c2cnc(Cl)cc12. The maximum absolute atomic E-state index is 11.8. The average Bonchev–Trinajstić information content (AvgIpc) is 2.83. The van der Waals surface area contributed by atoms with Crippen molar-refractivity contribution in [2.45, 2.75) is 20.3 Å². The molecular weight excluding hydrogens is 276 g/mol. The highest BCUT2D eigenvalue weighted by atomic mass is 35.5. The Bertz CT molecular complexity index is 592. The molecule has 6 heteroatoms. The summed E-state index contributed by atoms with van der Waals surface area (Å²) in [5.41, 5.74) is 2.09. The molecule has 108 valence electrons. The Morgan fingerprint density at radius 3 is 2.90 bits per heavy atom. The highest BCUT2D eigenvalue weighted by Crippen LogP contribution is 2.20. The number of H-pyrrole nitrogens is 1. The Morgan fingerprint density at radius 1 is 1.45 bits per heavy atom. The summed E-state index contributed by atoms with van der Waals surface area (Å²) in [5.74, 6) is 0. The van der Waals surface area contributed by atoms with E-state index in [2.05, 4.69) is 15.3 Å². The van der Waals surface area contributed by atoms with Crippen LogP contribution in [-0.4, -0.2) is 40.5 Å². The lowest BCUT2D eigenvalue weighted by Crippen LogP contribution is -2.40. The van der Waals surface area contributed by atoms with Crippen LogP contribution in [0.15, 0.2) is 18.5 Å². The van der Waals surface area contributed by atoms with Gasteiger partial charge in [-0.15, -0.1) is 0 Å². The number of pyridine rings is 1. The molecule has 2 aromatic heterocycles. The van der Waals surface area contributed by atoms with Crippen molar-refractivity contribution in [2.24, 2.45) is 0 Å². The Kier molecular flexibility index (Phi) is 4.84. The molecule has 0 aliphatic heterocycles. The van der Waals surface area contributed by atoms with Gasteiger partial charge in [-0.25, -0.2) is 9.78 Å². The van der Waals surface area contributed by atoms with Crippen molar-refractivity contribution in [2.75, 3.05) is 19.6 Å². The minimum Gasteiger partial charge on any atom is -0.360 e. The van der Waals surface area contributed by atoms with E-state index in [-0.39, 0.29) is 6.03 Å². The first-order valence-corrected chi connectivity index (χ1v) is 7.17. The van der Waals surface area contributed by atoms with Crippen LogP contribution in [0.1, 0.15) is 19.4 Å². The van der Waals surface area contributed by atoms with Gasteiger partial charge in [0, 0.05) is 31.2 Å². The zero-order valence-corrected chi connectivity index (χ0v) is 12.5. The molecule has 2 N–H and O–H groups in total. The maximum Gasteiger partial charge on any atom is 0.317 e. The van der Waals surface area contributed by atoms with E-state index in [9.17, 15) is 4.79 Å². The summed E-state index contributed by atoms with van der Waals surface area (Å²) in [6.45, 7) is 5.98. The number of nitrogens with zero attached hydrogens (tertiary/aromatic N) is 2. The summed E-state index contributed by atoms with van der Waals surface area (Å²) in [5, 5.41) is 4.46. The molecule has 0 atom stereocenters. The van der Waals surface area contributed by atoms with Gasteiger partial charge in [-0.1, -0.05) is 11.6 Å². The number of carbonyl (C=O) groups excluding carboxylic acids is 1. The highest BCUT2D eigenvalue weighted by Gasteiger charge is 2.09. The number of amides is 2. The van der Waals surface area contributed by atoms with Crippen LogP contribution in [0.25, 0.3) is 10.9 Å². The topological polar surface area (TPSA) is 61.0 Å². The van der Waals surface area contributed by atoms with Gasteiger partial charge in [-0.2, -0.15) is 0 Å². The van der Waals surface area contributed by atoms with Crippen molar-refractivity contribution in [3.05, 3.63) is 29.2 Å². The Hall–Kier alpha value is -1.75. The summed E-state index contributed by atoms with van der Waals surface area (Å²) in [7, 11) is 0. The monoisotopic (exact) mass is 294 g/mol. The number of aromatic amines is 1. The molecule has 0 aliphatic rings. The van der Waals surface area contributed by atoms with E-state index in [1.807, 2.05) is 26.1 Å². The zero-order chi connectivity index (χ0) is 14.5. The first-order valence-electron chi connectivity index (χ1n) is 6.80. The molecule has 0 saturated heterocycles. The average molecular weight is 295 g/mol. The summed E-state index contributed by atoms with van der Waals surface area (Å²) in [4.78, 5) is 20.8. The number of carbonyl (C=O) groups is 1. The molecule has 0 saturated carbocycles. The molecular formula is C14H19ClN4O. The predicted molar refractivity (Wildman–Crippen MR) is 81.1 cm³/mol. The predicted octanol–water partition coefficient (Wildman–Crippen LogP) is 2.81. The van der Waals surface area contributed by atoms with E-state index in [1.165, 1.54) is 0 Å². The molecule has 0 bridgehead atoms. The van der Waals surface area contributed by atoms with Gasteiger partial charge >= 0.3 is 6.03 Å². The van der Waals surface area contributed by atoms with E-state index in [0.29, 0.717) is 11.7 Å². The molecule has 20 heavy (non-hydrogen) atoms. The first kappa shape index (κ1) is 14.7. The van der Waals surface area contributed by atoms with Crippen molar-refractivity contribution in [3.63, 3.8) is 0 Å². The second kappa shape index (κ2) is 6.61. The number of urea groups is 1. The van der Waals surface area contributed by atoms with Gasteiger partial charge in [0.25, 0.3) is 0 Å². The molecule has 0 fully saturated rings.